The summed E-state index contributed by atoms with van der Waals surface area (Å²) in [6.45, 7) is 4.19. The number of pyridine rings is 1. The van der Waals surface area contributed by atoms with E-state index in [0.29, 0.717) is 30.5 Å². The summed E-state index contributed by atoms with van der Waals surface area (Å²) >= 11 is 6.13. The molecule has 0 radical (unpaired) electrons. The second kappa shape index (κ2) is 6.02. The molecule has 1 aromatic heterocycles. The van der Waals surface area contributed by atoms with E-state index in [9.17, 15) is 4.79 Å². The van der Waals surface area contributed by atoms with Crippen LogP contribution in [0.4, 0.5) is 5.82 Å². The molecule has 6 heteroatoms. The largest absolute Gasteiger partial charge is 0.464 e. The number of anilines is 1. The molecule has 0 aliphatic carbocycles. The molecular formula is C12H16ClN3O2. The number of piperazine rings is 1. The lowest BCUT2D eigenvalue weighted by Gasteiger charge is -2.35. The van der Waals surface area contributed by atoms with Gasteiger partial charge in [0.25, 0.3) is 0 Å². The van der Waals surface area contributed by atoms with Crippen LogP contribution in [0.2, 0.25) is 5.02 Å². The Balaban J connectivity index is 2.23. The normalized spacial score (nSPS) is 19.7. The van der Waals surface area contributed by atoms with Crippen molar-refractivity contribution in [2.75, 3.05) is 31.1 Å². The van der Waals surface area contributed by atoms with Gasteiger partial charge in [-0.2, -0.15) is 0 Å². The molecule has 1 saturated heterocycles. The Morgan fingerprint density at radius 2 is 2.56 bits per heavy atom. The molecule has 2 heterocycles. The van der Waals surface area contributed by atoms with Crippen molar-refractivity contribution in [2.24, 2.45) is 0 Å². The Hall–Kier alpha value is -1.33. The zero-order chi connectivity index (χ0) is 13.0. The highest BCUT2D eigenvalue weighted by Crippen LogP contribution is 2.25. The molecule has 0 aromatic carbocycles. The highest BCUT2D eigenvalue weighted by Gasteiger charge is 2.31. The third-order valence-electron chi connectivity index (χ3n) is 2.81. The minimum absolute atomic E-state index is 0.244. The highest BCUT2D eigenvalue weighted by atomic mass is 35.5. The smallest absolute Gasteiger partial charge is 0.330 e. The first-order valence-corrected chi connectivity index (χ1v) is 6.36. The summed E-state index contributed by atoms with van der Waals surface area (Å²) in [6.07, 6.45) is 1.67. The molecule has 0 bridgehead atoms. The minimum atomic E-state index is -0.369. The van der Waals surface area contributed by atoms with Crippen LogP contribution in [-0.4, -0.2) is 43.2 Å². The predicted octanol–water partition coefficient (Wildman–Crippen LogP) is 1.08. The van der Waals surface area contributed by atoms with Crippen LogP contribution in [0.15, 0.2) is 18.3 Å². The second-order valence-electron chi connectivity index (χ2n) is 3.97. The van der Waals surface area contributed by atoms with Crippen molar-refractivity contribution in [2.45, 2.75) is 13.0 Å². The van der Waals surface area contributed by atoms with E-state index in [-0.39, 0.29) is 12.0 Å². The van der Waals surface area contributed by atoms with Gasteiger partial charge in [-0.3, -0.25) is 0 Å². The van der Waals surface area contributed by atoms with Crippen molar-refractivity contribution >= 4 is 23.4 Å². The lowest BCUT2D eigenvalue weighted by atomic mass is 10.2. The maximum Gasteiger partial charge on any atom is 0.330 e. The van der Waals surface area contributed by atoms with Crippen LogP contribution >= 0.6 is 11.6 Å². The van der Waals surface area contributed by atoms with E-state index >= 15 is 0 Å². The molecule has 1 aliphatic rings. The number of carbonyl (C=O) groups excluding carboxylic acids is 1. The van der Waals surface area contributed by atoms with E-state index in [2.05, 4.69) is 10.3 Å². The van der Waals surface area contributed by atoms with Crippen LogP contribution in [-0.2, 0) is 9.53 Å². The Morgan fingerprint density at radius 3 is 3.28 bits per heavy atom. The van der Waals surface area contributed by atoms with Crippen molar-refractivity contribution in [3.05, 3.63) is 23.4 Å². The summed E-state index contributed by atoms with van der Waals surface area (Å²) in [4.78, 5) is 18.1. The fourth-order valence-corrected chi connectivity index (χ4v) is 2.23. The summed E-state index contributed by atoms with van der Waals surface area (Å²) in [5.74, 6) is 0.394. The molecule has 1 aromatic rings. The van der Waals surface area contributed by atoms with Gasteiger partial charge < -0.3 is 15.0 Å². The third kappa shape index (κ3) is 2.73. The van der Waals surface area contributed by atoms with E-state index < -0.39 is 0 Å². The van der Waals surface area contributed by atoms with Crippen LogP contribution < -0.4 is 10.2 Å². The van der Waals surface area contributed by atoms with Gasteiger partial charge in [0.1, 0.15) is 11.9 Å². The van der Waals surface area contributed by atoms with Crippen molar-refractivity contribution in [1.29, 1.82) is 0 Å². The van der Waals surface area contributed by atoms with Crippen molar-refractivity contribution in [3.63, 3.8) is 0 Å². The molecule has 0 saturated carbocycles. The minimum Gasteiger partial charge on any atom is -0.464 e. The number of nitrogens with zero attached hydrogens (tertiary/aromatic N) is 2. The molecule has 18 heavy (non-hydrogen) atoms. The van der Waals surface area contributed by atoms with Crippen LogP contribution in [0.3, 0.4) is 0 Å². The van der Waals surface area contributed by atoms with E-state index in [1.165, 1.54) is 0 Å². The Bertz CT molecular complexity index is 428. The molecule has 5 nitrogen and oxygen atoms in total. The molecule has 1 aliphatic heterocycles. The van der Waals surface area contributed by atoms with Crippen molar-refractivity contribution in [3.8, 4) is 0 Å². The molecule has 98 valence electrons. The topological polar surface area (TPSA) is 54.5 Å². The number of hydrogen-bond acceptors (Lipinski definition) is 5. The molecule has 1 atom stereocenters. The van der Waals surface area contributed by atoms with Gasteiger partial charge in [-0.05, 0) is 19.1 Å². The van der Waals surface area contributed by atoms with E-state index in [1.54, 1.807) is 25.3 Å². The Morgan fingerprint density at radius 1 is 1.72 bits per heavy atom. The highest BCUT2D eigenvalue weighted by molar-refractivity contribution is 6.33. The summed E-state index contributed by atoms with van der Waals surface area (Å²) in [5.41, 5.74) is 0. The lowest BCUT2D eigenvalue weighted by molar-refractivity contribution is -0.144. The fraction of sp³-hybridized carbons (Fsp3) is 0.500. The Labute approximate surface area is 111 Å². The number of halogens is 1. The Kier molecular flexibility index (Phi) is 4.38. The van der Waals surface area contributed by atoms with Crippen molar-refractivity contribution < 1.29 is 9.53 Å². The number of aromatic nitrogens is 1. The van der Waals surface area contributed by atoms with Gasteiger partial charge in [0.2, 0.25) is 0 Å². The summed E-state index contributed by atoms with van der Waals surface area (Å²) in [6, 6.07) is 3.17. The van der Waals surface area contributed by atoms with E-state index in [1.807, 2.05) is 4.90 Å². The molecular weight excluding hydrogens is 254 g/mol. The summed E-state index contributed by atoms with van der Waals surface area (Å²) in [5, 5.41) is 3.73. The summed E-state index contributed by atoms with van der Waals surface area (Å²) < 4.78 is 5.08. The molecule has 1 fully saturated rings. The molecule has 0 amide bonds. The zero-order valence-corrected chi connectivity index (χ0v) is 11.0. The first-order valence-electron chi connectivity index (χ1n) is 5.98. The van der Waals surface area contributed by atoms with Crippen LogP contribution in [0.25, 0.3) is 0 Å². The number of rotatable bonds is 3. The first-order chi connectivity index (χ1) is 8.74. The van der Waals surface area contributed by atoms with Crippen LogP contribution in [0, 0.1) is 0 Å². The standard InChI is InChI=1S/C12H16ClN3O2/c1-2-18-12(17)10-8-14-6-7-16(10)11-9(13)4-3-5-15-11/h3-5,10,14H,2,6-8H2,1H3. The average molecular weight is 270 g/mol. The van der Waals surface area contributed by atoms with E-state index in [4.69, 9.17) is 16.3 Å². The number of hydrogen-bond donors (Lipinski definition) is 1. The van der Waals surface area contributed by atoms with Gasteiger partial charge in [0.15, 0.2) is 0 Å². The maximum atomic E-state index is 11.9. The maximum absolute atomic E-state index is 11.9. The monoisotopic (exact) mass is 269 g/mol. The SMILES string of the molecule is CCOC(=O)C1CNCCN1c1ncccc1Cl. The lowest BCUT2D eigenvalue weighted by Crippen LogP contribution is -2.56. The number of carbonyl (C=O) groups is 1. The molecule has 1 unspecified atom stereocenters. The second-order valence-corrected chi connectivity index (χ2v) is 4.38. The average Bonchev–Trinajstić information content (AvgIpc) is 2.40. The third-order valence-corrected chi connectivity index (χ3v) is 3.11. The van der Waals surface area contributed by atoms with Crippen LogP contribution in [0.1, 0.15) is 6.92 Å². The fourth-order valence-electron chi connectivity index (χ4n) is 2.00. The van der Waals surface area contributed by atoms with Crippen molar-refractivity contribution in [1.82, 2.24) is 10.3 Å². The van der Waals surface area contributed by atoms with E-state index in [0.717, 1.165) is 6.54 Å². The zero-order valence-electron chi connectivity index (χ0n) is 10.2. The number of esters is 1. The van der Waals surface area contributed by atoms with Gasteiger partial charge in [-0.1, -0.05) is 11.6 Å². The van der Waals surface area contributed by atoms with Gasteiger partial charge in [-0.25, -0.2) is 9.78 Å². The molecule has 0 spiro atoms. The predicted molar refractivity (Wildman–Crippen MR) is 69.9 cm³/mol. The summed E-state index contributed by atoms with van der Waals surface area (Å²) in [7, 11) is 0. The number of ether oxygens (including phenoxy) is 1. The molecule has 2 rings (SSSR count). The first kappa shape index (κ1) is 13.1. The quantitative estimate of drug-likeness (QED) is 0.832. The van der Waals surface area contributed by atoms with Gasteiger partial charge in [0.05, 0.1) is 11.6 Å². The number of nitrogens with one attached hydrogen (secondary N) is 1. The van der Waals surface area contributed by atoms with Gasteiger partial charge in [-0.15, -0.1) is 0 Å². The molecule has 1 N–H and O–H groups in total. The van der Waals surface area contributed by atoms with Crippen LogP contribution in [0.5, 0.6) is 0 Å². The van der Waals surface area contributed by atoms with Gasteiger partial charge >= 0.3 is 5.97 Å². The van der Waals surface area contributed by atoms with Gasteiger partial charge in [0, 0.05) is 25.8 Å².